The van der Waals surface area contributed by atoms with Gasteiger partial charge in [-0.15, -0.1) is 0 Å². The zero-order valence-electron chi connectivity index (χ0n) is 17.5. The standard InChI is InChI=1S/C23H27N3O4S/c1-18-13-25-17-26(18)16-23(12-11-19-7-3-2-4-8-19)29-14-20(30-23)15-31(27,28)22-10-6-5-9-21(22)24/h2-10,13,17,20H,11-12,14-16,24H2,1H3/t20-,23-/m0/s1. The van der Waals surface area contributed by atoms with Gasteiger partial charge in [0.05, 0.1) is 41.9 Å². The lowest BCUT2D eigenvalue weighted by Gasteiger charge is -2.29. The van der Waals surface area contributed by atoms with Gasteiger partial charge in [0.1, 0.15) is 0 Å². The number of nitrogens with zero attached hydrogens (tertiary/aromatic N) is 2. The van der Waals surface area contributed by atoms with Crippen LogP contribution in [0.1, 0.15) is 17.7 Å². The molecule has 1 aliphatic heterocycles. The summed E-state index contributed by atoms with van der Waals surface area (Å²) in [6, 6.07) is 16.6. The highest BCUT2D eigenvalue weighted by atomic mass is 32.2. The van der Waals surface area contributed by atoms with Crippen LogP contribution < -0.4 is 5.73 Å². The highest BCUT2D eigenvalue weighted by Crippen LogP contribution is 2.33. The highest BCUT2D eigenvalue weighted by Gasteiger charge is 2.43. The van der Waals surface area contributed by atoms with E-state index in [1.807, 2.05) is 29.7 Å². The zero-order valence-corrected chi connectivity index (χ0v) is 18.3. The first-order chi connectivity index (χ1) is 14.9. The van der Waals surface area contributed by atoms with E-state index in [0.29, 0.717) is 13.0 Å². The largest absolute Gasteiger partial charge is 0.398 e. The minimum atomic E-state index is -3.61. The molecule has 164 valence electrons. The number of imidazole rings is 1. The molecular weight excluding hydrogens is 414 g/mol. The highest BCUT2D eigenvalue weighted by molar-refractivity contribution is 7.91. The fourth-order valence-electron chi connectivity index (χ4n) is 3.88. The lowest BCUT2D eigenvalue weighted by molar-refractivity contribution is -0.180. The first-order valence-electron chi connectivity index (χ1n) is 10.3. The van der Waals surface area contributed by atoms with Crippen LogP contribution >= 0.6 is 0 Å². The Morgan fingerprint density at radius 1 is 1.16 bits per heavy atom. The Morgan fingerprint density at radius 3 is 2.61 bits per heavy atom. The Hall–Kier alpha value is -2.68. The number of benzene rings is 2. The summed E-state index contributed by atoms with van der Waals surface area (Å²) in [6.45, 7) is 2.61. The van der Waals surface area contributed by atoms with Gasteiger partial charge in [0.15, 0.2) is 15.6 Å². The van der Waals surface area contributed by atoms with E-state index in [-0.39, 0.29) is 22.9 Å². The molecule has 2 N–H and O–H groups in total. The summed E-state index contributed by atoms with van der Waals surface area (Å²) in [6.07, 6.45) is 4.28. The second kappa shape index (κ2) is 8.82. The van der Waals surface area contributed by atoms with Gasteiger partial charge in [-0.1, -0.05) is 42.5 Å². The Kier molecular flexibility index (Phi) is 6.13. The van der Waals surface area contributed by atoms with Crippen LogP contribution in [0.5, 0.6) is 0 Å². The Bertz CT molecular complexity index is 1130. The zero-order chi connectivity index (χ0) is 21.9. The van der Waals surface area contributed by atoms with E-state index in [9.17, 15) is 8.42 Å². The number of aromatic nitrogens is 2. The fraction of sp³-hybridized carbons (Fsp3) is 0.348. The Morgan fingerprint density at radius 2 is 1.90 bits per heavy atom. The van der Waals surface area contributed by atoms with Gasteiger partial charge in [0.2, 0.25) is 0 Å². The second-order valence-electron chi connectivity index (χ2n) is 7.93. The van der Waals surface area contributed by atoms with Crippen LogP contribution in [0, 0.1) is 6.92 Å². The SMILES string of the molecule is Cc1cncn1C[C@@]1(CCc2ccccc2)OC[C@@H](CS(=O)(=O)c2ccccc2N)O1. The molecule has 1 saturated heterocycles. The van der Waals surface area contributed by atoms with Gasteiger partial charge in [-0.2, -0.15) is 0 Å². The predicted molar refractivity (Wildman–Crippen MR) is 118 cm³/mol. The number of nitrogens with two attached hydrogens (primary N) is 1. The maximum absolute atomic E-state index is 12.9. The molecule has 0 spiro atoms. The molecule has 4 rings (SSSR count). The third-order valence-electron chi connectivity index (χ3n) is 5.54. The van der Waals surface area contributed by atoms with E-state index in [4.69, 9.17) is 15.2 Å². The van der Waals surface area contributed by atoms with Crippen molar-refractivity contribution in [3.63, 3.8) is 0 Å². The molecule has 1 fully saturated rings. The molecule has 8 heteroatoms. The van der Waals surface area contributed by atoms with Crippen molar-refractivity contribution >= 4 is 15.5 Å². The van der Waals surface area contributed by atoms with E-state index in [1.54, 1.807) is 30.7 Å². The van der Waals surface area contributed by atoms with Crippen LogP contribution in [0.25, 0.3) is 0 Å². The molecule has 1 aromatic heterocycles. The normalized spacial score (nSPS) is 21.4. The molecule has 0 saturated carbocycles. The van der Waals surface area contributed by atoms with E-state index in [2.05, 4.69) is 17.1 Å². The molecule has 0 radical (unpaired) electrons. The number of para-hydroxylation sites is 1. The number of hydrogen-bond donors (Lipinski definition) is 1. The minimum absolute atomic E-state index is 0.130. The quantitative estimate of drug-likeness (QED) is 0.540. The summed E-state index contributed by atoms with van der Waals surface area (Å²) < 4.78 is 40.3. The maximum atomic E-state index is 12.9. The van der Waals surface area contributed by atoms with E-state index in [0.717, 1.165) is 12.1 Å². The van der Waals surface area contributed by atoms with Gasteiger partial charge in [-0.3, -0.25) is 0 Å². The molecule has 0 aliphatic carbocycles. The average Bonchev–Trinajstić information content (AvgIpc) is 3.33. The third kappa shape index (κ3) is 4.98. The van der Waals surface area contributed by atoms with Crippen LogP contribution in [-0.4, -0.2) is 42.2 Å². The molecule has 3 aromatic rings. The van der Waals surface area contributed by atoms with E-state index < -0.39 is 21.7 Å². The molecule has 1 aliphatic rings. The van der Waals surface area contributed by atoms with Crippen molar-refractivity contribution in [1.29, 1.82) is 0 Å². The molecule has 0 unspecified atom stereocenters. The summed E-state index contributed by atoms with van der Waals surface area (Å²) in [4.78, 5) is 4.31. The van der Waals surface area contributed by atoms with Gasteiger partial charge in [0.25, 0.3) is 0 Å². The van der Waals surface area contributed by atoms with Crippen LogP contribution in [0.2, 0.25) is 0 Å². The maximum Gasteiger partial charge on any atom is 0.187 e. The number of aryl methyl sites for hydroxylation is 2. The lowest BCUT2D eigenvalue weighted by Crippen LogP contribution is -2.38. The monoisotopic (exact) mass is 441 g/mol. The molecule has 7 nitrogen and oxygen atoms in total. The first kappa shape index (κ1) is 21.5. The van der Waals surface area contributed by atoms with Crippen molar-refractivity contribution < 1.29 is 17.9 Å². The lowest BCUT2D eigenvalue weighted by atomic mass is 10.0. The number of nitrogen functional groups attached to an aromatic ring is 1. The van der Waals surface area contributed by atoms with Crippen molar-refractivity contribution in [2.24, 2.45) is 0 Å². The molecule has 0 bridgehead atoms. The van der Waals surface area contributed by atoms with Gasteiger partial charge < -0.3 is 19.8 Å². The van der Waals surface area contributed by atoms with E-state index in [1.165, 1.54) is 11.6 Å². The van der Waals surface area contributed by atoms with E-state index >= 15 is 0 Å². The molecule has 2 heterocycles. The van der Waals surface area contributed by atoms with Crippen LogP contribution in [0.4, 0.5) is 5.69 Å². The van der Waals surface area contributed by atoms with Crippen molar-refractivity contribution in [1.82, 2.24) is 9.55 Å². The Balaban J connectivity index is 1.52. The minimum Gasteiger partial charge on any atom is -0.398 e. The molecule has 2 atom stereocenters. The first-order valence-corrected chi connectivity index (χ1v) is 11.9. The fourth-order valence-corrected chi connectivity index (χ4v) is 5.43. The summed E-state index contributed by atoms with van der Waals surface area (Å²) >= 11 is 0. The summed E-state index contributed by atoms with van der Waals surface area (Å²) in [7, 11) is -3.61. The van der Waals surface area contributed by atoms with Gasteiger partial charge in [-0.25, -0.2) is 13.4 Å². The van der Waals surface area contributed by atoms with Gasteiger partial charge in [0, 0.05) is 18.3 Å². The van der Waals surface area contributed by atoms with Crippen LogP contribution in [0.15, 0.2) is 72.0 Å². The van der Waals surface area contributed by atoms with Crippen molar-refractivity contribution in [2.75, 3.05) is 18.1 Å². The predicted octanol–water partition coefficient (Wildman–Crippen LogP) is 2.99. The molecule has 31 heavy (non-hydrogen) atoms. The summed E-state index contributed by atoms with van der Waals surface area (Å²) in [5.41, 5.74) is 8.29. The number of rotatable bonds is 8. The number of anilines is 1. The molecule has 0 amide bonds. The molecule has 2 aromatic carbocycles. The summed E-state index contributed by atoms with van der Waals surface area (Å²) in [5.74, 6) is -1.11. The average molecular weight is 442 g/mol. The summed E-state index contributed by atoms with van der Waals surface area (Å²) in [5, 5.41) is 0. The number of hydrogen-bond acceptors (Lipinski definition) is 6. The van der Waals surface area contributed by atoms with Gasteiger partial charge in [-0.05, 0) is 31.0 Å². The smallest absolute Gasteiger partial charge is 0.187 e. The van der Waals surface area contributed by atoms with Crippen LogP contribution in [-0.2, 0) is 32.3 Å². The Labute approximate surface area is 182 Å². The van der Waals surface area contributed by atoms with Crippen molar-refractivity contribution in [2.45, 2.75) is 43.1 Å². The number of ether oxygens (including phenoxy) is 2. The third-order valence-corrected chi connectivity index (χ3v) is 7.39. The second-order valence-corrected chi connectivity index (χ2v) is 9.93. The van der Waals surface area contributed by atoms with Gasteiger partial charge >= 0.3 is 0 Å². The molecular formula is C23H27N3O4S. The van der Waals surface area contributed by atoms with Crippen LogP contribution in [0.3, 0.4) is 0 Å². The van der Waals surface area contributed by atoms with Crippen molar-refractivity contribution in [3.8, 4) is 0 Å². The van der Waals surface area contributed by atoms with Crippen molar-refractivity contribution in [3.05, 3.63) is 78.4 Å². The topological polar surface area (TPSA) is 96.4 Å². The number of sulfone groups is 1.